The van der Waals surface area contributed by atoms with E-state index in [1.165, 1.54) is 7.11 Å². The Kier molecular flexibility index (Phi) is 7.71. The molecule has 29 heavy (non-hydrogen) atoms. The molecule has 0 heterocycles. The standard InChI is InChI=1S/C24H30O4Si/c1-6-13-22(21(25)18-23(26)27-5)28-29(24(2,3)4,19-14-9-7-10-15-19)20-16-11-8-12-17-20/h6-17,22H,18H2,1-5H3/b13-6+. The first-order chi connectivity index (χ1) is 13.8. The van der Waals surface area contributed by atoms with E-state index in [9.17, 15) is 9.59 Å². The molecule has 0 aliphatic carbocycles. The van der Waals surface area contributed by atoms with Crippen LogP contribution >= 0.6 is 0 Å². The Morgan fingerprint density at radius 2 is 1.45 bits per heavy atom. The van der Waals surface area contributed by atoms with Gasteiger partial charge in [0.05, 0.1) is 7.11 Å². The normalized spacial score (nSPS) is 13.3. The first kappa shape index (κ1) is 22.8. The van der Waals surface area contributed by atoms with E-state index >= 15 is 0 Å². The van der Waals surface area contributed by atoms with Crippen molar-refractivity contribution in [1.29, 1.82) is 0 Å². The molecule has 1 unspecified atom stereocenters. The van der Waals surface area contributed by atoms with Gasteiger partial charge in [0.25, 0.3) is 8.32 Å². The lowest BCUT2D eigenvalue weighted by Crippen LogP contribution is -2.68. The van der Waals surface area contributed by atoms with Crippen LogP contribution in [0.2, 0.25) is 5.04 Å². The molecule has 2 rings (SSSR count). The van der Waals surface area contributed by atoms with Crippen LogP contribution < -0.4 is 10.4 Å². The van der Waals surface area contributed by atoms with Gasteiger partial charge in [-0.3, -0.25) is 9.59 Å². The number of allylic oxidation sites excluding steroid dienone is 1. The number of hydrogen-bond donors (Lipinski definition) is 0. The van der Waals surface area contributed by atoms with Crippen LogP contribution in [0.15, 0.2) is 72.8 Å². The number of carbonyl (C=O) groups excluding carboxylic acids is 2. The fraction of sp³-hybridized carbons (Fsp3) is 0.333. The van der Waals surface area contributed by atoms with Crippen molar-refractivity contribution < 1.29 is 18.8 Å². The zero-order valence-corrected chi connectivity index (χ0v) is 18.8. The van der Waals surface area contributed by atoms with Gasteiger partial charge in [0.2, 0.25) is 0 Å². The van der Waals surface area contributed by atoms with Gasteiger partial charge in [-0.1, -0.05) is 93.6 Å². The van der Waals surface area contributed by atoms with Crippen LogP contribution in [0.25, 0.3) is 0 Å². The number of rotatable bonds is 8. The summed E-state index contributed by atoms with van der Waals surface area (Å²) in [6.45, 7) is 8.29. The van der Waals surface area contributed by atoms with E-state index in [1.807, 2.05) is 43.3 Å². The highest BCUT2D eigenvalue weighted by molar-refractivity contribution is 6.99. The summed E-state index contributed by atoms with van der Waals surface area (Å²) in [5, 5.41) is 1.90. The first-order valence-electron chi connectivity index (χ1n) is 9.77. The summed E-state index contributed by atoms with van der Waals surface area (Å²) in [5.41, 5.74) is 0. The molecular formula is C24H30O4Si. The summed E-state index contributed by atoms with van der Waals surface area (Å²) in [7, 11) is -1.62. The Hall–Kier alpha value is -2.50. The summed E-state index contributed by atoms with van der Waals surface area (Å²) < 4.78 is 11.5. The number of ether oxygens (including phenoxy) is 1. The minimum atomic E-state index is -2.90. The summed E-state index contributed by atoms with van der Waals surface area (Å²) in [5.74, 6) is -0.863. The van der Waals surface area contributed by atoms with Crippen LogP contribution in [0.1, 0.15) is 34.1 Å². The maximum Gasteiger partial charge on any atom is 0.313 e. The minimum Gasteiger partial charge on any atom is -0.469 e. The molecule has 0 fully saturated rings. The smallest absolute Gasteiger partial charge is 0.313 e. The average molecular weight is 411 g/mol. The molecule has 0 aromatic heterocycles. The highest BCUT2D eigenvalue weighted by atomic mass is 28.4. The molecule has 154 valence electrons. The Labute approximate surface area is 174 Å². The molecule has 1 atom stereocenters. The largest absolute Gasteiger partial charge is 0.469 e. The number of hydrogen-bond acceptors (Lipinski definition) is 4. The molecule has 0 N–H and O–H groups in total. The van der Waals surface area contributed by atoms with Crippen LogP contribution in [0.4, 0.5) is 0 Å². The van der Waals surface area contributed by atoms with Gasteiger partial charge >= 0.3 is 5.97 Å². The monoisotopic (exact) mass is 410 g/mol. The Bertz CT molecular complexity index is 799. The maximum absolute atomic E-state index is 12.9. The maximum atomic E-state index is 12.9. The van der Waals surface area contributed by atoms with Crippen LogP contribution in [-0.4, -0.2) is 33.3 Å². The first-order valence-corrected chi connectivity index (χ1v) is 11.7. The summed E-state index contributed by atoms with van der Waals surface area (Å²) in [4.78, 5) is 24.6. The molecule has 2 aromatic rings. The second kappa shape index (κ2) is 9.81. The number of methoxy groups -OCH3 is 1. The average Bonchev–Trinajstić information content (AvgIpc) is 2.71. The zero-order valence-electron chi connectivity index (χ0n) is 17.8. The van der Waals surface area contributed by atoms with Crippen LogP contribution in [-0.2, 0) is 18.8 Å². The second-order valence-corrected chi connectivity index (χ2v) is 12.2. The van der Waals surface area contributed by atoms with Gasteiger partial charge in [0.15, 0.2) is 5.78 Å². The van der Waals surface area contributed by atoms with E-state index < -0.39 is 20.4 Å². The van der Waals surface area contributed by atoms with E-state index in [0.29, 0.717) is 0 Å². The lowest BCUT2D eigenvalue weighted by atomic mass is 10.1. The van der Waals surface area contributed by atoms with Gasteiger partial charge in [0.1, 0.15) is 12.5 Å². The predicted molar refractivity (Wildman–Crippen MR) is 119 cm³/mol. The fourth-order valence-corrected chi connectivity index (χ4v) is 8.19. The third-order valence-electron chi connectivity index (χ3n) is 4.95. The molecule has 4 nitrogen and oxygen atoms in total. The van der Waals surface area contributed by atoms with Crippen molar-refractivity contribution in [2.24, 2.45) is 0 Å². The summed E-state index contributed by atoms with van der Waals surface area (Å²) >= 11 is 0. The molecule has 0 aliphatic heterocycles. The van der Waals surface area contributed by atoms with Gasteiger partial charge in [-0.05, 0) is 22.3 Å². The SMILES string of the molecule is C/C=C/C(O[Si](c1ccccc1)(c1ccccc1)C(C)(C)C)C(=O)CC(=O)OC. The summed E-state index contributed by atoms with van der Waals surface area (Å²) in [6, 6.07) is 20.2. The second-order valence-electron chi connectivity index (χ2n) is 7.95. The van der Waals surface area contributed by atoms with Gasteiger partial charge in [-0.2, -0.15) is 0 Å². The van der Waals surface area contributed by atoms with Crippen LogP contribution in [0.3, 0.4) is 0 Å². The zero-order chi connectivity index (χ0) is 21.5. The topological polar surface area (TPSA) is 52.6 Å². The molecule has 0 amide bonds. The van der Waals surface area contributed by atoms with Gasteiger partial charge < -0.3 is 9.16 Å². The lowest BCUT2D eigenvalue weighted by Gasteiger charge is -2.44. The molecule has 0 bridgehead atoms. The van der Waals surface area contributed by atoms with Crippen molar-refractivity contribution in [3.05, 3.63) is 72.8 Å². The molecule has 5 heteroatoms. The van der Waals surface area contributed by atoms with E-state index in [1.54, 1.807) is 12.2 Å². The molecule has 0 saturated carbocycles. The third-order valence-corrected chi connectivity index (χ3v) is 9.96. The molecule has 2 aromatic carbocycles. The van der Waals surface area contributed by atoms with Gasteiger partial charge in [-0.25, -0.2) is 0 Å². The molecule has 0 aliphatic rings. The Balaban J connectivity index is 2.66. The molecule has 0 spiro atoms. The minimum absolute atomic E-state index is 0.263. The highest BCUT2D eigenvalue weighted by Crippen LogP contribution is 2.37. The van der Waals surface area contributed by atoms with Crippen molar-refractivity contribution in [1.82, 2.24) is 0 Å². The Morgan fingerprint density at radius 3 is 1.83 bits per heavy atom. The lowest BCUT2D eigenvalue weighted by molar-refractivity contribution is -0.144. The van der Waals surface area contributed by atoms with E-state index in [4.69, 9.17) is 4.43 Å². The molecular weight excluding hydrogens is 380 g/mol. The van der Waals surface area contributed by atoms with Crippen molar-refractivity contribution in [3.8, 4) is 0 Å². The summed E-state index contributed by atoms with van der Waals surface area (Å²) in [6.07, 6.45) is 2.37. The molecule has 0 radical (unpaired) electrons. The predicted octanol–water partition coefficient (Wildman–Crippen LogP) is 3.64. The van der Waals surface area contributed by atoms with Gasteiger partial charge in [0, 0.05) is 0 Å². The van der Waals surface area contributed by atoms with Crippen LogP contribution in [0, 0.1) is 0 Å². The number of benzene rings is 2. The fourth-order valence-electron chi connectivity index (χ4n) is 3.58. The van der Waals surface area contributed by atoms with E-state index in [0.717, 1.165) is 10.4 Å². The number of Topliss-reactive ketones (excluding diaryl/α,β-unsaturated/α-hetero) is 1. The highest BCUT2D eigenvalue weighted by Gasteiger charge is 2.52. The van der Waals surface area contributed by atoms with Crippen molar-refractivity contribution in [3.63, 3.8) is 0 Å². The van der Waals surface area contributed by atoms with Crippen molar-refractivity contribution in [2.75, 3.05) is 7.11 Å². The quantitative estimate of drug-likeness (QED) is 0.289. The number of carbonyl (C=O) groups is 2. The van der Waals surface area contributed by atoms with E-state index in [-0.39, 0.29) is 17.2 Å². The number of ketones is 1. The Morgan fingerprint density at radius 1 is 0.966 bits per heavy atom. The van der Waals surface area contributed by atoms with Crippen LogP contribution in [0.5, 0.6) is 0 Å². The van der Waals surface area contributed by atoms with Crippen molar-refractivity contribution in [2.45, 2.75) is 45.3 Å². The molecule has 0 saturated heterocycles. The van der Waals surface area contributed by atoms with E-state index in [2.05, 4.69) is 49.8 Å². The van der Waals surface area contributed by atoms with Gasteiger partial charge in [-0.15, -0.1) is 0 Å². The number of esters is 1. The third kappa shape index (κ3) is 5.11. The van der Waals surface area contributed by atoms with Crippen molar-refractivity contribution >= 4 is 30.4 Å².